The van der Waals surface area contributed by atoms with Gasteiger partial charge in [-0.2, -0.15) is 0 Å². The summed E-state index contributed by atoms with van der Waals surface area (Å²) < 4.78 is 0. The molecule has 20 heavy (non-hydrogen) atoms. The topological polar surface area (TPSA) is 32.3 Å². The normalized spacial score (nSPS) is 25.8. The van der Waals surface area contributed by atoms with Crippen molar-refractivity contribution >= 4 is 17.2 Å². The molecular weight excluding hydrogens is 268 g/mol. The number of carbonyl (C=O) groups is 1. The number of amides is 1. The van der Waals surface area contributed by atoms with Crippen LogP contribution in [0.2, 0.25) is 0 Å². The summed E-state index contributed by atoms with van der Waals surface area (Å²) in [5.74, 6) is 0.260. The van der Waals surface area contributed by atoms with Crippen molar-refractivity contribution in [3.8, 4) is 0 Å². The molecule has 2 atom stereocenters. The molecule has 1 aromatic rings. The molecule has 0 bridgehead atoms. The van der Waals surface area contributed by atoms with Crippen LogP contribution in [0.1, 0.15) is 53.2 Å². The molecule has 2 heterocycles. The number of nitrogens with one attached hydrogen (secondary N) is 1. The van der Waals surface area contributed by atoms with E-state index in [4.69, 9.17) is 0 Å². The SMILES string of the molecule is CCC1CN(C(=O)c2cc3c(s2)CCC3)C(CC)CN1. The highest BCUT2D eigenvalue weighted by Gasteiger charge is 2.31. The van der Waals surface area contributed by atoms with Crippen LogP contribution in [0.5, 0.6) is 0 Å². The molecule has 0 spiro atoms. The number of aryl methyl sites for hydroxylation is 2. The predicted octanol–water partition coefficient (Wildman–Crippen LogP) is 2.84. The fraction of sp³-hybridized carbons (Fsp3) is 0.688. The lowest BCUT2D eigenvalue weighted by molar-refractivity contribution is 0.0581. The zero-order valence-electron chi connectivity index (χ0n) is 12.4. The Morgan fingerprint density at radius 3 is 2.95 bits per heavy atom. The van der Waals surface area contributed by atoms with E-state index in [0.29, 0.717) is 12.1 Å². The second-order valence-electron chi connectivity index (χ2n) is 5.95. The van der Waals surface area contributed by atoms with Gasteiger partial charge in [-0.1, -0.05) is 13.8 Å². The van der Waals surface area contributed by atoms with Crippen molar-refractivity contribution in [2.45, 2.75) is 58.0 Å². The smallest absolute Gasteiger partial charge is 0.264 e. The molecule has 2 aliphatic rings. The van der Waals surface area contributed by atoms with Gasteiger partial charge in [0, 0.05) is 30.1 Å². The first kappa shape index (κ1) is 14.1. The molecule has 1 aliphatic carbocycles. The molecule has 0 saturated carbocycles. The molecule has 1 aromatic heterocycles. The van der Waals surface area contributed by atoms with E-state index in [1.807, 2.05) is 0 Å². The summed E-state index contributed by atoms with van der Waals surface area (Å²) >= 11 is 1.73. The summed E-state index contributed by atoms with van der Waals surface area (Å²) in [7, 11) is 0. The minimum absolute atomic E-state index is 0.260. The van der Waals surface area contributed by atoms with Gasteiger partial charge in [-0.3, -0.25) is 4.79 Å². The van der Waals surface area contributed by atoms with Gasteiger partial charge < -0.3 is 10.2 Å². The third-order valence-electron chi connectivity index (χ3n) is 4.68. The minimum Gasteiger partial charge on any atom is -0.332 e. The first-order valence-corrected chi connectivity index (χ1v) is 8.70. The Labute approximate surface area is 125 Å². The molecule has 0 radical (unpaired) electrons. The fourth-order valence-electron chi connectivity index (χ4n) is 3.33. The van der Waals surface area contributed by atoms with E-state index in [-0.39, 0.29) is 5.91 Å². The Kier molecular flexibility index (Phi) is 4.13. The van der Waals surface area contributed by atoms with Gasteiger partial charge in [0.05, 0.1) is 4.88 Å². The van der Waals surface area contributed by atoms with Crippen molar-refractivity contribution in [3.05, 3.63) is 21.4 Å². The Balaban J connectivity index is 1.79. The van der Waals surface area contributed by atoms with Crippen LogP contribution >= 0.6 is 11.3 Å². The Bertz CT molecular complexity index is 475. The van der Waals surface area contributed by atoms with E-state index < -0.39 is 0 Å². The molecular formula is C16H24N2OS. The van der Waals surface area contributed by atoms with Crippen molar-refractivity contribution in [2.24, 2.45) is 0 Å². The first-order valence-electron chi connectivity index (χ1n) is 7.88. The highest BCUT2D eigenvalue weighted by atomic mass is 32.1. The van der Waals surface area contributed by atoms with Gasteiger partial charge in [-0.25, -0.2) is 0 Å². The molecule has 2 unspecified atom stereocenters. The molecule has 1 aliphatic heterocycles. The average Bonchev–Trinajstić information content (AvgIpc) is 3.07. The van der Waals surface area contributed by atoms with Gasteiger partial charge in [0.2, 0.25) is 0 Å². The second kappa shape index (κ2) is 5.86. The van der Waals surface area contributed by atoms with E-state index in [9.17, 15) is 4.79 Å². The predicted molar refractivity (Wildman–Crippen MR) is 83.5 cm³/mol. The van der Waals surface area contributed by atoms with Gasteiger partial charge in [-0.15, -0.1) is 11.3 Å². The molecule has 4 heteroatoms. The number of carbonyl (C=O) groups excluding carboxylic acids is 1. The molecule has 3 nitrogen and oxygen atoms in total. The number of hydrogen-bond donors (Lipinski definition) is 1. The lowest BCUT2D eigenvalue weighted by atomic mass is 10.0. The largest absolute Gasteiger partial charge is 0.332 e. The van der Waals surface area contributed by atoms with Crippen molar-refractivity contribution in [2.75, 3.05) is 13.1 Å². The number of nitrogens with zero attached hydrogens (tertiary/aromatic N) is 1. The zero-order chi connectivity index (χ0) is 14.1. The van der Waals surface area contributed by atoms with Gasteiger partial charge >= 0.3 is 0 Å². The van der Waals surface area contributed by atoms with Crippen LogP contribution in [-0.2, 0) is 12.8 Å². The maximum absolute atomic E-state index is 12.8. The van der Waals surface area contributed by atoms with Crippen LogP contribution in [0.15, 0.2) is 6.07 Å². The van der Waals surface area contributed by atoms with Crippen LogP contribution in [0.4, 0.5) is 0 Å². The third kappa shape index (κ3) is 2.51. The van der Waals surface area contributed by atoms with Gasteiger partial charge in [-0.05, 0) is 43.7 Å². The molecule has 110 valence electrons. The Morgan fingerprint density at radius 2 is 2.25 bits per heavy atom. The monoisotopic (exact) mass is 292 g/mol. The van der Waals surface area contributed by atoms with Crippen LogP contribution in [-0.4, -0.2) is 36.0 Å². The molecule has 1 N–H and O–H groups in total. The van der Waals surface area contributed by atoms with Crippen molar-refractivity contribution in [3.63, 3.8) is 0 Å². The van der Waals surface area contributed by atoms with Gasteiger partial charge in [0.1, 0.15) is 0 Å². The molecule has 0 aromatic carbocycles. The van der Waals surface area contributed by atoms with E-state index in [0.717, 1.165) is 37.2 Å². The third-order valence-corrected chi connectivity index (χ3v) is 5.91. The number of thiophene rings is 1. The average molecular weight is 292 g/mol. The van der Waals surface area contributed by atoms with E-state index in [1.165, 1.54) is 23.3 Å². The lowest BCUT2D eigenvalue weighted by Crippen LogP contribution is -2.57. The van der Waals surface area contributed by atoms with Crippen LogP contribution in [0.25, 0.3) is 0 Å². The lowest BCUT2D eigenvalue weighted by Gasteiger charge is -2.39. The van der Waals surface area contributed by atoms with E-state index >= 15 is 0 Å². The van der Waals surface area contributed by atoms with Crippen molar-refractivity contribution in [1.82, 2.24) is 10.2 Å². The number of fused-ring (bicyclic) bond motifs is 1. The zero-order valence-corrected chi connectivity index (χ0v) is 13.3. The first-order chi connectivity index (χ1) is 9.72. The van der Waals surface area contributed by atoms with Crippen LogP contribution in [0.3, 0.4) is 0 Å². The summed E-state index contributed by atoms with van der Waals surface area (Å²) in [6.45, 7) is 6.15. The van der Waals surface area contributed by atoms with E-state index in [1.54, 1.807) is 11.3 Å². The number of hydrogen-bond acceptors (Lipinski definition) is 3. The molecule has 1 saturated heterocycles. The van der Waals surface area contributed by atoms with Crippen LogP contribution < -0.4 is 5.32 Å². The summed E-state index contributed by atoms with van der Waals surface area (Å²) in [5.41, 5.74) is 1.42. The second-order valence-corrected chi connectivity index (χ2v) is 7.08. The summed E-state index contributed by atoms with van der Waals surface area (Å²) in [6, 6.07) is 2.96. The summed E-state index contributed by atoms with van der Waals surface area (Å²) in [6.07, 6.45) is 5.71. The Hall–Kier alpha value is -0.870. The van der Waals surface area contributed by atoms with Gasteiger partial charge in [0.25, 0.3) is 5.91 Å². The maximum Gasteiger partial charge on any atom is 0.264 e. The highest BCUT2D eigenvalue weighted by molar-refractivity contribution is 7.14. The summed E-state index contributed by atoms with van der Waals surface area (Å²) in [5, 5.41) is 3.55. The highest BCUT2D eigenvalue weighted by Crippen LogP contribution is 2.32. The molecule has 3 rings (SSSR count). The maximum atomic E-state index is 12.8. The number of rotatable bonds is 3. The quantitative estimate of drug-likeness (QED) is 0.929. The molecule has 1 fully saturated rings. The van der Waals surface area contributed by atoms with Gasteiger partial charge in [0.15, 0.2) is 0 Å². The van der Waals surface area contributed by atoms with Crippen molar-refractivity contribution < 1.29 is 4.79 Å². The fourth-order valence-corrected chi connectivity index (χ4v) is 4.54. The summed E-state index contributed by atoms with van der Waals surface area (Å²) in [4.78, 5) is 17.4. The standard InChI is InChI=1S/C16H24N2OS/c1-3-12-10-18(13(4-2)9-17-12)16(19)15-8-11-6-5-7-14(11)20-15/h8,12-13,17H,3-7,9-10H2,1-2H3. The van der Waals surface area contributed by atoms with Crippen LogP contribution in [0, 0.1) is 0 Å². The van der Waals surface area contributed by atoms with Crippen molar-refractivity contribution in [1.29, 1.82) is 0 Å². The Morgan fingerprint density at radius 1 is 1.40 bits per heavy atom. The minimum atomic E-state index is 0.260. The molecule has 1 amide bonds. The van der Waals surface area contributed by atoms with E-state index in [2.05, 4.69) is 30.1 Å². The number of piperazine rings is 1.